The number of rotatable bonds is 33. The van der Waals surface area contributed by atoms with Crippen LogP contribution in [0.4, 0.5) is 0 Å². The van der Waals surface area contributed by atoms with E-state index in [9.17, 15) is 73.5 Å². The van der Waals surface area contributed by atoms with Crippen LogP contribution in [-0.2, 0) is 52.7 Å². The van der Waals surface area contributed by atoms with Gasteiger partial charge in [0, 0.05) is 6.92 Å². The van der Waals surface area contributed by atoms with Gasteiger partial charge < -0.3 is 84.6 Å². The van der Waals surface area contributed by atoms with Gasteiger partial charge in [-0.25, -0.2) is 4.79 Å². The zero-order valence-corrected chi connectivity index (χ0v) is 43.0. The molecule has 0 aromatic carbocycles. The normalized spacial score (nSPS) is 15.7. The van der Waals surface area contributed by atoms with Crippen LogP contribution in [0.1, 0.15) is 114 Å². The van der Waals surface area contributed by atoms with Gasteiger partial charge in [0.15, 0.2) is 0 Å². The molecule has 27 heteroatoms. The third-order valence-electron chi connectivity index (χ3n) is 10.7. The second kappa shape index (κ2) is 35.2. The molecule has 0 spiro atoms. The standard InChI is InChI=1S/C43H78N10O15.C2H4O2/c1-10-23(8)33(52-36(60)26(13-11-12-14-44)46-40(64)30(19-55)50-38(62)27(15-20(2)3)47-35(59)25(45)18-54)41(65)49-28(16-21(4)5)37(61)48-29(17-31(57)58)39(63)53-34(24(9)56)42(66)51-32(22(6)7)43(67)68;1-2(3)4/h20-30,32-34,54-56H,10-19,44-45H2,1-9H3,(H,46,64)(H,47,59)(H,48,61)(H,49,65)(H,50,62)(H,51,66)(H,52,60)(H,53,63)(H,57,58)(H,67,68);1H3,(H,3,4)/t23-,24+,25-,26-,27-,28-,29-,30-,32-,33-,34-;/m0./s1. The lowest BCUT2D eigenvalue weighted by Crippen LogP contribution is -2.62. The number of carbonyl (C=O) groups excluding carboxylic acids is 8. The smallest absolute Gasteiger partial charge is 0.326 e. The van der Waals surface area contributed by atoms with Crippen molar-refractivity contribution >= 4 is 65.2 Å². The number of aliphatic hydroxyl groups is 3. The van der Waals surface area contributed by atoms with Crippen molar-refractivity contribution in [1.82, 2.24) is 42.5 Å². The highest BCUT2D eigenvalue weighted by Gasteiger charge is 2.37. The lowest BCUT2D eigenvalue weighted by Gasteiger charge is -2.30. The third-order valence-corrected chi connectivity index (χ3v) is 10.7. The highest BCUT2D eigenvalue weighted by Crippen LogP contribution is 2.14. The Morgan fingerprint density at radius 3 is 1.29 bits per heavy atom. The largest absolute Gasteiger partial charge is 0.481 e. The summed E-state index contributed by atoms with van der Waals surface area (Å²) in [7, 11) is 0. The van der Waals surface area contributed by atoms with Crippen molar-refractivity contribution in [2.24, 2.45) is 35.1 Å². The fourth-order valence-corrected chi connectivity index (χ4v) is 6.56. The molecule has 27 nitrogen and oxygen atoms in total. The molecule has 0 saturated heterocycles. The average molecular weight is 1040 g/mol. The van der Waals surface area contributed by atoms with E-state index in [-0.39, 0.29) is 37.6 Å². The number of carboxylic acids is 3. The summed E-state index contributed by atoms with van der Waals surface area (Å²) < 4.78 is 0. The van der Waals surface area contributed by atoms with Crippen LogP contribution in [0.3, 0.4) is 0 Å². The molecule has 18 N–H and O–H groups in total. The Morgan fingerprint density at radius 2 is 0.889 bits per heavy atom. The van der Waals surface area contributed by atoms with E-state index in [1.54, 1.807) is 41.5 Å². The van der Waals surface area contributed by atoms with Crippen molar-refractivity contribution < 1.29 is 83.4 Å². The van der Waals surface area contributed by atoms with Gasteiger partial charge >= 0.3 is 11.9 Å². The molecule has 0 heterocycles. The Bertz CT molecular complexity index is 1800. The van der Waals surface area contributed by atoms with E-state index in [1.165, 1.54) is 13.8 Å². The summed E-state index contributed by atoms with van der Waals surface area (Å²) in [5.74, 6) is -13.2. The van der Waals surface area contributed by atoms with Gasteiger partial charge in [-0.05, 0) is 69.2 Å². The molecule has 0 aromatic heterocycles. The molecule has 72 heavy (non-hydrogen) atoms. The highest BCUT2D eigenvalue weighted by molar-refractivity contribution is 5.99. The Balaban J connectivity index is 0. The van der Waals surface area contributed by atoms with Gasteiger partial charge in [0.1, 0.15) is 54.4 Å². The van der Waals surface area contributed by atoms with E-state index in [0.29, 0.717) is 19.3 Å². The number of aliphatic carboxylic acids is 3. The number of carboxylic acid groups (broad SMARTS) is 3. The zero-order valence-electron chi connectivity index (χ0n) is 43.0. The number of nitrogens with two attached hydrogens (primary N) is 2. The first kappa shape index (κ1) is 68.0. The van der Waals surface area contributed by atoms with E-state index >= 15 is 0 Å². The number of unbranched alkanes of at least 4 members (excludes halogenated alkanes) is 1. The molecule has 0 saturated carbocycles. The number of aliphatic hydroxyl groups excluding tert-OH is 3. The van der Waals surface area contributed by atoms with Crippen LogP contribution in [0.15, 0.2) is 0 Å². The first-order valence-electron chi connectivity index (χ1n) is 23.8. The van der Waals surface area contributed by atoms with E-state index in [0.717, 1.165) is 13.8 Å². The summed E-state index contributed by atoms with van der Waals surface area (Å²) in [6.07, 6.45) is -1.57. The third kappa shape index (κ3) is 27.0. The molecule has 0 aromatic rings. The molecule has 8 amide bonds. The fraction of sp³-hybridized carbons (Fsp3) is 0.756. The lowest BCUT2D eigenvalue weighted by atomic mass is 9.96. The molecule has 0 fully saturated rings. The maximum absolute atomic E-state index is 14.1. The summed E-state index contributed by atoms with van der Waals surface area (Å²) >= 11 is 0. The quantitative estimate of drug-likeness (QED) is 0.0280. The van der Waals surface area contributed by atoms with Crippen LogP contribution in [0.5, 0.6) is 0 Å². The summed E-state index contributed by atoms with van der Waals surface area (Å²) in [5, 5.41) is 75.5. The van der Waals surface area contributed by atoms with Crippen molar-refractivity contribution in [2.75, 3.05) is 19.8 Å². The number of carbonyl (C=O) groups is 11. The van der Waals surface area contributed by atoms with Crippen LogP contribution in [0, 0.1) is 23.7 Å². The summed E-state index contributed by atoms with van der Waals surface area (Å²) in [4.78, 5) is 140. The lowest BCUT2D eigenvalue weighted by molar-refractivity contribution is -0.145. The van der Waals surface area contributed by atoms with Crippen LogP contribution in [-0.4, -0.2) is 176 Å². The summed E-state index contributed by atoms with van der Waals surface area (Å²) in [5.41, 5.74) is 11.3. The molecular weight excluding hydrogens is 953 g/mol. The van der Waals surface area contributed by atoms with Gasteiger partial charge in [-0.2, -0.15) is 0 Å². The van der Waals surface area contributed by atoms with Gasteiger partial charge in [0.25, 0.3) is 5.97 Å². The Labute approximate surface area is 419 Å². The van der Waals surface area contributed by atoms with Crippen molar-refractivity contribution in [3.63, 3.8) is 0 Å². The molecular formula is C45H82N10O17. The Hall–Kier alpha value is -6.03. The predicted octanol–water partition coefficient (Wildman–Crippen LogP) is -3.87. The maximum atomic E-state index is 14.1. The highest BCUT2D eigenvalue weighted by atomic mass is 16.4. The molecule has 0 aliphatic rings. The van der Waals surface area contributed by atoms with Gasteiger partial charge in [-0.15, -0.1) is 0 Å². The first-order valence-corrected chi connectivity index (χ1v) is 23.8. The van der Waals surface area contributed by atoms with Gasteiger partial charge in [-0.1, -0.05) is 61.8 Å². The van der Waals surface area contributed by atoms with Crippen LogP contribution in [0.2, 0.25) is 0 Å². The summed E-state index contributed by atoms with van der Waals surface area (Å²) in [6.45, 7) is 14.1. The number of hydrogen-bond donors (Lipinski definition) is 16. The summed E-state index contributed by atoms with van der Waals surface area (Å²) in [6, 6.07) is -13.4. The van der Waals surface area contributed by atoms with Crippen LogP contribution in [0.25, 0.3) is 0 Å². The molecule has 0 aliphatic carbocycles. The molecule has 0 radical (unpaired) electrons. The van der Waals surface area contributed by atoms with Gasteiger partial charge in [0.2, 0.25) is 47.3 Å². The number of hydrogen-bond acceptors (Lipinski definition) is 16. The van der Waals surface area contributed by atoms with E-state index in [1.807, 2.05) is 0 Å². The number of nitrogens with one attached hydrogen (secondary N) is 8. The second-order valence-electron chi connectivity index (χ2n) is 18.6. The molecule has 0 bridgehead atoms. The van der Waals surface area contributed by atoms with Crippen molar-refractivity contribution in [1.29, 1.82) is 0 Å². The van der Waals surface area contributed by atoms with Gasteiger partial charge in [0.05, 0.1) is 25.7 Å². The van der Waals surface area contributed by atoms with E-state index < -0.39 is 157 Å². The van der Waals surface area contributed by atoms with Crippen molar-refractivity contribution in [3.05, 3.63) is 0 Å². The monoisotopic (exact) mass is 1030 g/mol. The molecule has 0 aliphatic heterocycles. The Morgan fingerprint density at radius 1 is 0.500 bits per heavy atom. The topological polar surface area (TPSA) is 457 Å². The minimum Gasteiger partial charge on any atom is -0.481 e. The van der Waals surface area contributed by atoms with E-state index in [4.69, 9.17) is 21.4 Å². The Kier molecular flexibility index (Phi) is 33.2. The zero-order chi connectivity index (χ0) is 56.2. The first-order chi connectivity index (χ1) is 33.4. The SMILES string of the molecule is CC(=O)O.CC[C@H](C)[C@H](NC(=O)[C@H](CCCCN)NC(=O)[C@H](CO)NC(=O)[C@H](CC(C)C)NC(=O)[C@@H](N)CO)C(=O)N[C@@H](CC(C)C)C(=O)N[C@@H](CC(=O)O)C(=O)N[C@H](C(=O)N[C@H](C(=O)O)C(C)C)[C@@H](C)O. The van der Waals surface area contributed by atoms with Crippen LogP contribution < -0.4 is 54.0 Å². The van der Waals surface area contributed by atoms with E-state index in [2.05, 4.69) is 42.5 Å². The van der Waals surface area contributed by atoms with Crippen molar-refractivity contribution in [3.8, 4) is 0 Å². The number of amides is 8. The minimum absolute atomic E-state index is 0.0123. The second-order valence-corrected chi connectivity index (χ2v) is 18.6. The molecule has 414 valence electrons. The molecule has 11 atom stereocenters. The molecule has 0 rings (SSSR count). The van der Waals surface area contributed by atoms with Crippen molar-refractivity contribution in [2.45, 2.75) is 175 Å². The average Bonchev–Trinajstić information content (AvgIpc) is 3.27. The minimum atomic E-state index is -1.87. The predicted molar refractivity (Wildman–Crippen MR) is 259 cm³/mol. The molecule has 0 unspecified atom stereocenters. The fourth-order valence-electron chi connectivity index (χ4n) is 6.56. The van der Waals surface area contributed by atoms with Crippen LogP contribution >= 0.6 is 0 Å². The maximum Gasteiger partial charge on any atom is 0.326 e. The van der Waals surface area contributed by atoms with Gasteiger partial charge in [-0.3, -0.25) is 47.9 Å².